The van der Waals surface area contributed by atoms with E-state index in [1.165, 1.54) is 44.9 Å². The zero-order valence-electron chi connectivity index (χ0n) is 10.8. The third-order valence-electron chi connectivity index (χ3n) is 4.54. The number of nitrogens with two attached hydrogens (primary N) is 1. The van der Waals surface area contributed by atoms with Gasteiger partial charge in [0.1, 0.15) is 0 Å². The predicted octanol–water partition coefficient (Wildman–Crippen LogP) is 2.20. The van der Waals surface area contributed by atoms with Gasteiger partial charge in [-0.2, -0.15) is 0 Å². The first-order valence-corrected chi connectivity index (χ1v) is 7.21. The van der Waals surface area contributed by atoms with Crippen LogP contribution in [-0.4, -0.2) is 19.0 Å². The van der Waals surface area contributed by atoms with E-state index in [0.717, 1.165) is 25.4 Å². The fourth-order valence-corrected chi connectivity index (χ4v) is 2.85. The van der Waals surface area contributed by atoms with Crippen LogP contribution in [0.3, 0.4) is 0 Å². The molecule has 2 fully saturated rings. The lowest BCUT2D eigenvalue weighted by atomic mass is 10.0. The summed E-state index contributed by atoms with van der Waals surface area (Å²) in [6, 6.07) is 0. The van der Waals surface area contributed by atoms with Gasteiger partial charge in [0.15, 0.2) is 0 Å². The van der Waals surface area contributed by atoms with Crippen LogP contribution in [0.1, 0.15) is 57.8 Å². The zero-order valence-corrected chi connectivity index (χ0v) is 10.8. The molecule has 0 aromatic heterocycles. The Morgan fingerprint density at radius 3 is 2.59 bits per heavy atom. The first kappa shape index (κ1) is 12.9. The average Bonchev–Trinajstić information content (AvgIpc) is 2.95. The van der Waals surface area contributed by atoms with Crippen molar-refractivity contribution < 1.29 is 4.79 Å². The Hall–Kier alpha value is -0.570. The smallest absolute Gasteiger partial charge is 0.220 e. The molecule has 0 heterocycles. The molecule has 3 N–H and O–H groups in total. The normalized spacial score (nSPS) is 22.6. The monoisotopic (exact) mass is 238 g/mol. The molecule has 2 saturated carbocycles. The predicted molar refractivity (Wildman–Crippen MR) is 69.5 cm³/mol. The lowest BCUT2D eigenvalue weighted by Crippen LogP contribution is -2.33. The van der Waals surface area contributed by atoms with Crippen molar-refractivity contribution in [2.75, 3.05) is 13.1 Å². The van der Waals surface area contributed by atoms with E-state index in [1.54, 1.807) is 0 Å². The molecule has 0 spiro atoms. The number of carbonyl (C=O) groups is 1. The minimum absolute atomic E-state index is 0.225. The lowest BCUT2D eigenvalue weighted by molar-refractivity contribution is -0.121. The van der Waals surface area contributed by atoms with Gasteiger partial charge in [-0.15, -0.1) is 0 Å². The average molecular weight is 238 g/mol. The summed E-state index contributed by atoms with van der Waals surface area (Å²) in [6.45, 7) is 1.51. The van der Waals surface area contributed by atoms with Gasteiger partial charge in [-0.3, -0.25) is 4.79 Å². The minimum atomic E-state index is 0.225. The zero-order chi connectivity index (χ0) is 12.1. The van der Waals surface area contributed by atoms with Gasteiger partial charge < -0.3 is 11.1 Å². The number of hydrogen-bond acceptors (Lipinski definition) is 2. The van der Waals surface area contributed by atoms with Gasteiger partial charge in [0.2, 0.25) is 5.91 Å². The Labute approximate surface area is 105 Å². The van der Waals surface area contributed by atoms with Crippen molar-refractivity contribution in [1.29, 1.82) is 0 Å². The van der Waals surface area contributed by atoms with Crippen LogP contribution in [0, 0.1) is 11.3 Å². The van der Waals surface area contributed by atoms with Crippen molar-refractivity contribution in [3.63, 3.8) is 0 Å². The minimum Gasteiger partial charge on any atom is -0.355 e. The maximum atomic E-state index is 11.7. The molecule has 98 valence electrons. The van der Waals surface area contributed by atoms with Crippen LogP contribution >= 0.6 is 0 Å². The summed E-state index contributed by atoms with van der Waals surface area (Å²) in [5.74, 6) is 1.13. The molecule has 3 nitrogen and oxygen atoms in total. The molecule has 0 aromatic carbocycles. The van der Waals surface area contributed by atoms with Crippen LogP contribution < -0.4 is 11.1 Å². The van der Waals surface area contributed by atoms with Crippen molar-refractivity contribution in [2.45, 2.75) is 57.8 Å². The van der Waals surface area contributed by atoms with E-state index in [0.29, 0.717) is 6.42 Å². The molecule has 0 aromatic rings. The summed E-state index contributed by atoms with van der Waals surface area (Å²) in [4.78, 5) is 11.7. The van der Waals surface area contributed by atoms with Crippen molar-refractivity contribution >= 4 is 5.91 Å². The fraction of sp³-hybridized carbons (Fsp3) is 0.929. The Kier molecular flexibility index (Phi) is 4.43. The highest BCUT2D eigenvalue weighted by atomic mass is 16.1. The summed E-state index contributed by atoms with van der Waals surface area (Å²) < 4.78 is 0. The standard InChI is InChI=1S/C14H26N2O/c15-10-14(8-9-14)11-16-13(17)7-3-6-12-4-1-2-5-12/h12H,1-11,15H2,(H,16,17). The Bertz CT molecular complexity index is 255. The Morgan fingerprint density at radius 2 is 2.00 bits per heavy atom. The quantitative estimate of drug-likeness (QED) is 0.714. The largest absolute Gasteiger partial charge is 0.355 e. The summed E-state index contributed by atoms with van der Waals surface area (Å²) in [7, 11) is 0. The maximum absolute atomic E-state index is 11.7. The molecule has 2 aliphatic rings. The van der Waals surface area contributed by atoms with Crippen LogP contribution in [0.2, 0.25) is 0 Å². The molecule has 0 radical (unpaired) electrons. The van der Waals surface area contributed by atoms with E-state index in [9.17, 15) is 4.79 Å². The SMILES string of the molecule is NCC1(CNC(=O)CCCC2CCCC2)CC1. The van der Waals surface area contributed by atoms with E-state index >= 15 is 0 Å². The highest BCUT2D eigenvalue weighted by Crippen LogP contribution is 2.43. The second-order valence-electron chi connectivity index (χ2n) is 6.02. The Morgan fingerprint density at radius 1 is 1.29 bits per heavy atom. The number of nitrogens with one attached hydrogen (secondary N) is 1. The van der Waals surface area contributed by atoms with Crippen molar-refractivity contribution in [2.24, 2.45) is 17.1 Å². The highest BCUT2D eigenvalue weighted by Gasteiger charge is 2.41. The number of carbonyl (C=O) groups excluding carboxylic acids is 1. The van der Waals surface area contributed by atoms with Gasteiger partial charge in [0, 0.05) is 13.0 Å². The van der Waals surface area contributed by atoms with Crippen molar-refractivity contribution in [3.8, 4) is 0 Å². The molecule has 0 bridgehead atoms. The summed E-state index contributed by atoms with van der Waals surface area (Å²) in [6.07, 6.45) is 11.0. The first-order valence-electron chi connectivity index (χ1n) is 7.21. The molecule has 1 amide bonds. The molecule has 0 aliphatic heterocycles. The van der Waals surface area contributed by atoms with Crippen LogP contribution in [0.25, 0.3) is 0 Å². The molecule has 17 heavy (non-hydrogen) atoms. The van der Waals surface area contributed by atoms with E-state index in [4.69, 9.17) is 5.73 Å². The van der Waals surface area contributed by atoms with E-state index in [-0.39, 0.29) is 11.3 Å². The van der Waals surface area contributed by atoms with Gasteiger partial charge in [-0.1, -0.05) is 25.7 Å². The maximum Gasteiger partial charge on any atom is 0.220 e. The van der Waals surface area contributed by atoms with Gasteiger partial charge in [0.25, 0.3) is 0 Å². The van der Waals surface area contributed by atoms with Crippen LogP contribution in [-0.2, 0) is 4.79 Å². The Balaban J connectivity index is 1.51. The fourth-order valence-electron chi connectivity index (χ4n) is 2.85. The molecular weight excluding hydrogens is 212 g/mol. The lowest BCUT2D eigenvalue weighted by Gasteiger charge is -2.13. The van der Waals surface area contributed by atoms with E-state index in [1.807, 2.05) is 0 Å². The molecular formula is C14H26N2O. The second-order valence-corrected chi connectivity index (χ2v) is 6.02. The van der Waals surface area contributed by atoms with Gasteiger partial charge in [-0.25, -0.2) is 0 Å². The van der Waals surface area contributed by atoms with Crippen molar-refractivity contribution in [1.82, 2.24) is 5.32 Å². The molecule has 3 heteroatoms. The summed E-state index contributed by atoms with van der Waals surface area (Å²) >= 11 is 0. The van der Waals surface area contributed by atoms with Gasteiger partial charge in [0.05, 0.1) is 0 Å². The topological polar surface area (TPSA) is 55.1 Å². The number of amides is 1. The molecule has 0 saturated heterocycles. The highest BCUT2D eigenvalue weighted by molar-refractivity contribution is 5.75. The van der Waals surface area contributed by atoms with Gasteiger partial charge in [-0.05, 0) is 43.6 Å². The van der Waals surface area contributed by atoms with Crippen LogP contribution in [0.15, 0.2) is 0 Å². The number of rotatable bonds is 7. The molecule has 0 atom stereocenters. The number of hydrogen-bond donors (Lipinski definition) is 2. The second kappa shape index (κ2) is 5.85. The van der Waals surface area contributed by atoms with Crippen molar-refractivity contribution in [3.05, 3.63) is 0 Å². The third kappa shape index (κ3) is 3.98. The molecule has 0 unspecified atom stereocenters. The van der Waals surface area contributed by atoms with E-state index in [2.05, 4.69) is 5.32 Å². The van der Waals surface area contributed by atoms with Crippen LogP contribution in [0.4, 0.5) is 0 Å². The summed E-state index contributed by atoms with van der Waals surface area (Å²) in [5.41, 5.74) is 5.95. The molecule has 2 aliphatic carbocycles. The van der Waals surface area contributed by atoms with Gasteiger partial charge >= 0.3 is 0 Å². The first-order chi connectivity index (χ1) is 8.24. The summed E-state index contributed by atoms with van der Waals surface area (Å²) in [5, 5.41) is 3.04. The van der Waals surface area contributed by atoms with Crippen LogP contribution in [0.5, 0.6) is 0 Å². The van der Waals surface area contributed by atoms with E-state index < -0.39 is 0 Å². The third-order valence-corrected chi connectivity index (χ3v) is 4.54. The molecule has 2 rings (SSSR count).